The van der Waals surface area contributed by atoms with Gasteiger partial charge in [0, 0.05) is 4.47 Å². The third-order valence-corrected chi connectivity index (χ3v) is 4.55. The molecule has 15 heavy (non-hydrogen) atoms. The van der Waals surface area contributed by atoms with Crippen molar-refractivity contribution in [3.8, 4) is 0 Å². The first kappa shape index (κ1) is 11.1. The molecule has 0 bridgehead atoms. The molecular weight excluding hydrogens is 278 g/mol. The highest BCUT2D eigenvalue weighted by Gasteiger charge is 2.42. The van der Waals surface area contributed by atoms with Gasteiger partial charge in [-0.2, -0.15) is 0 Å². The average molecular weight is 290 g/mol. The minimum atomic E-state index is -0.653. The fourth-order valence-corrected chi connectivity index (χ4v) is 3.13. The lowest BCUT2D eigenvalue weighted by atomic mass is 9.91. The standard InChI is InChI=1S/C10H12BrNO2S/c1-2-10(14)5-12(6-10)9(13)8-7(11)3-4-15-8/h3-4,14H,2,5-6H2,1H3. The van der Waals surface area contributed by atoms with Crippen LogP contribution in [0, 0.1) is 0 Å². The molecule has 1 fully saturated rings. The first-order valence-electron chi connectivity index (χ1n) is 4.80. The van der Waals surface area contributed by atoms with Crippen molar-refractivity contribution in [2.24, 2.45) is 0 Å². The van der Waals surface area contributed by atoms with Crippen LogP contribution in [0.1, 0.15) is 23.0 Å². The van der Waals surface area contributed by atoms with E-state index in [0.717, 1.165) is 4.47 Å². The molecule has 3 nitrogen and oxygen atoms in total. The van der Waals surface area contributed by atoms with Crippen LogP contribution in [-0.4, -0.2) is 34.6 Å². The van der Waals surface area contributed by atoms with Crippen LogP contribution in [0.15, 0.2) is 15.9 Å². The van der Waals surface area contributed by atoms with Crippen LogP contribution in [0.2, 0.25) is 0 Å². The number of aliphatic hydroxyl groups is 1. The van der Waals surface area contributed by atoms with Gasteiger partial charge in [-0.05, 0) is 33.8 Å². The number of amides is 1. The lowest BCUT2D eigenvalue weighted by Gasteiger charge is -2.45. The Labute approximate surface area is 101 Å². The number of halogens is 1. The Morgan fingerprint density at radius 1 is 1.73 bits per heavy atom. The number of β-amino-alcohol motifs (C(OH)–C–C–N with tert-alkyl or cyclic N) is 1. The second-order valence-corrected chi connectivity index (χ2v) is 5.61. The van der Waals surface area contributed by atoms with Crippen LogP contribution in [0.4, 0.5) is 0 Å². The lowest BCUT2D eigenvalue weighted by molar-refractivity contribution is -0.0825. The molecule has 0 aromatic carbocycles. The van der Waals surface area contributed by atoms with Crippen molar-refractivity contribution in [3.63, 3.8) is 0 Å². The number of carbonyl (C=O) groups is 1. The van der Waals surface area contributed by atoms with Crippen LogP contribution in [0.25, 0.3) is 0 Å². The van der Waals surface area contributed by atoms with Gasteiger partial charge in [-0.25, -0.2) is 0 Å². The summed E-state index contributed by atoms with van der Waals surface area (Å²) < 4.78 is 0.837. The van der Waals surface area contributed by atoms with Crippen LogP contribution >= 0.6 is 27.3 Å². The van der Waals surface area contributed by atoms with Gasteiger partial charge in [0.25, 0.3) is 5.91 Å². The van der Waals surface area contributed by atoms with Gasteiger partial charge in [0.2, 0.25) is 0 Å². The smallest absolute Gasteiger partial charge is 0.265 e. The summed E-state index contributed by atoms with van der Waals surface area (Å²) in [4.78, 5) is 14.3. The van der Waals surface area contributed by atoms with Crippen molar-refractivity contribution >= 4 is 33.2 Å². The highest BCUT2D eigenvalue weighted by Crippen LogP contribution is 2.30. The minimum Gasteiger partial charge on any atom is -0.386 e. The largest absolute Gasteiger partial charge is 0.386 e. The molecule has 1 aromatic rings. The van der Waals surface area contributed by atoms with Crippen LogP contribution in [-0.2, 0) is 0 Å². The number of thiophene rings is 1. The number of carbonyl (C=O) groups excluding carboxylic acids is 1. The molecule has 1 N–H and O–H groups in total. The van der Waals surface area contributed by atoms with Crippen molar-refractivity contribution < 1.29 is 9.90 Å². The molecule has 1 saturated heterocycles. The Bertz CT molecular complexity index is 385. The predicted molar refractivity (Wildman–Crippen MR) is 63.2 cm³/mol. The van der Waals surface area contributed by atoms with Gasteiger partial charge in [-0.15, -0.1) is 11.3 Å². The molecule has 1 aliphatic heterocycles. The van der Waals surface area contributed by atoms with Gasteiger partial charge in [-0.3, -0.25) is 4.79 Å². The van der Waals surface area contributed by atoms with E-state index in [1.165, 1.54) is 11.3 Å². The van der Waals surface area contributed by atoms with Crippen molar-refractivity contribution in [2.45, 2.75) is 18.9 Å². The Kier molecular flexibility index (Phi) is 2.87. The monoisotopic (exact) mass is 289 g/mol. The van der Waals surface area contributed by atoms with Gasteiger partial charge in [0.15, 0.2) is 0 Å². The summed E-state index contributed by atoms with van der Waals surface area (Å²) in [6.07, 6.45) is 0.697. The zero-order chi connectivity index (χ0) is 11.1. The van der Waals surface area contributed by atoms with Gasteiger partial charge < -0.3 is 10.0 Å². The van der Waals surface area contributed by atoms with Crippen molar-refractivity contribution in [1.82, 2.24) is 4.90 Å². The molecule has 5 heteroatoms. The summed E-state index contributed by atoms with van der Waals surface area (Å²) in [6, 6.07) is 1.86. The zero-order valence-corrected chi connectivity index (χ0v) is 10.8. The Morgan fingerprint density at radius 2 is 2.40 bits per heavy atom. The molecule has 0 radical (unpaired) electrons. The number of likely N-dealkylation sites (tertiary alicyclic amines) is 1. The second kappa shape index (κ2) is 3.88. The number of rotatable bonds is 2. The summed E-state index contributed by atoms with van der Waals surface area (Å²) in [6.45, 7) is 2.84. The summed E-state index contributed by atoms with van der Waals surface area (Å²) in [5.74, 6) is 0.00926. The van der Waals surface area contributed by atoms with E-state index in [9.17, 15) is 9.90 Å². The van der Waals surface area contributed by atoms with Gasteiger partial charge in [-0.1, -0.05) is 6.92 Å². The number of hydrogen-bond donors (Lipinski definition) is 1. The van der Waals surface area contributed by atoms with Crippen molar-refractivity contribution in [2.75, 3.05) is 13.1 Å². The van der Waals surface area contributed by atoms with E-state index in [-0.39, 0.29) is 5.91 Å². The fourth-order valence-electron chi connectivity index (χ4n) is 1.62. The maximum atomic E-state index is 11.9. The minimum absolute atomic E-state index is 0.00926. The zero-order valence-electron chi connectivity index (χ0n) is 8.36. The molecule has 1 aromatic heterocycles. The molecule has 0 aliphatic carbocycles. The van der Waals surface area contributed by atoms with E-state index in [4.69, 9.17) is 0 Å². The van der Waals surface area contributed by atoms with E-state index < -0.39 is 5.60 Å². The fraction of sp³-hybridized carbons (Fsp3) is 0.500. The highest BCUT2D eigenvalue weighted by atomic mass is 79.9. The van der Waals surface area contributed by atoms with Crippen molar-refractivity contribution in [3.05, 3.63) is 20.8 Å². The summed E-state index contributed by atoms with van der Waals surface area (Å²) in [7, 11) is 0. The number of hydrogen-bond acceptors (Lipinski definition) is 3. The maximum Gasteiger partial charge on any atom is 0.265 e. The summed E-state index contributed by atoms with van der Waals surface area (Å²) in [5, 5.41) is 11.7. The second-order valence-electron chi connectivity index (χ2n) is 3.84. The lowest BCUT2D eigenvalue weighted by Crippen LogP contribution is -2.63. The van der Waals surface area contributed by atoms with Gasteiger partial charge >= 0.3 is 0 Å². The molecule has 0 unspecified atom stereocenters. The molecule has 2 rings (SSSR count). The topological polar surface area (TPSA) is 40.5 Å². The molecule has 1 amide bonds. The Hall–Kier alpha value is -0.390. The normalized spacial score (nSPS) is 18.7. The molecule has 0 spiro atoms. The third kappa shape index (κ3) is 1.96. The molecule has 2 heterocycles. The van der Waals surface area contributed by atoms with E-state index in [1.807, 2.05) is 18.4 Å². The van der Waals surface area contributed by atoms with Gasteiger partial charge in [0.05, 0.1) is 18.7 Å². The molecule has 0 saturated carbocycles. The highest BCUT2D eigenvalue weighted by molar-refractivity contribution is 9.10. The van der Waals surface area contributed by atoms with E-state index in [0.29, 0.717) is 24.4 Å². The molecular formula is C10H12BrNO2S. The molecule has 0 atom stereocenters. The maximum absolute atomic E-state index is 11.9. The quantitative estimate of drug-likeness (QED) is 0.906. The summed E-state index contributed by atoms with van der Waals surface area (Å²) in [5.41, 5.74) is -0.653. The van der Waals surface area contributed by atoms with E-state index >= 15 is 0 Å². The SMILES string of the molecule is CCC1(O)CN(C(=O)c2sccc2Br)C1. The Balaban J connectivity index is 2.04. The van der Waals surface area contributed by atoms with Crippen LogP contribution < -0.4 is 0 Å². The molecule has 1 aliphatic rings. The van der Waals surface area contributed by atoms with Crippen molar-refractivity contribution in [1.29, 1.82) is 0 Å². The third-order valence-electron chi connectivity index (χ3n) is 2.73. The van der Waals surface area contributed by atoms with E-state index in [2.05, 4.69) is 15.9 Å². The van der Waals surface area contributed by atoms with Crippen LogP contribution in [0.3, 0.4) is 0 Å². The van der Waals surface area contributed by atoms with Gasteiger partial charge in [0.1, 0.15) is 4.88 Å². The first-order chi connectivity index (χ1) is 7.06. The summed E-state index contributed by atoms with van der Waals surface area (Å²) >= 11 is 4.76. The number of nitrogens with zero attached hydrogens (tertiary/aromatic N) is 1. The van der Waals surface area contributed by atoms with E-state index in [1.54, 1.807) is 4.90 Å². The Morgan fingerprint density at radius 3 is 2.87 bits per heavy atom. The molecule has 82 valence electrons. The van der Waals surface area contributed by atoms with Crippen LogP contribution in [0.5, 0.6) is 0 Å². The first-order valence-corrected chi connectivity index (χ1v) is 6.48. The average Bonchev–Trinajstić information content (AvgIpc) is 2.58. The predicted octanol–water partition coefficient (Wildman–Crippen LogP) is 2.11.